The predicted octanol–water partition coefficient (Wildman–Crippen LogP) is 2.28. The quantitative estimate of drug-likeness (QED) is 0.792. The van der Waals surface area contributed by atoms with Gasteiger partial charge in [-0.25, -0.2) is 0 Å². The standard InChI is InChI=1S/C15H14ClN5O2/c1-9-18-14(20-23-9)13(10-3-5-12(16)6-4-10)19-15(22)11-7-17-21(2)8-11/h3-8,13H,1-2H3,(H,19,22)/t13-/m1/s1. The Morgan fingerprint density at radius 2 is 2.09 bits per heavy atom. The molecule has 0 fully saturated rings. The van der Waals surface area contributed by atoms with Gasteiger partial charge >= 0.3 is 0 Å². The number of halogens is 1. The molecule has 3 aromatic rings. The summed E-state index contributed by atoms with van der Waals surface area (Å²) in [6, 6.07) is 6.56. The fraction of sp³-hybridized carbons (Fsp3) is 0.200. The summed E-state index contributed by atoms with van der Waals surface area (Å²) in [7, 11) is 1.75. The molecule has 1 aromatic carbocycles. The monoisotopic (exact) mass is 331 g/mol. The fourth-order valence-corrected chi connectivity index (χ4v) is 2.26. The largest absolute Gasteiger partial charge is 0.340 e. The second-order valence-electron chi connectivity index (χ2n) is 5.03. The van der Waals surface area contributed by atoms with E-state index in [1.807, 2.05) is 12.1 Å². The summed E-state index contributed by atoms with van der Waals surface area (Å²) >= 11 is 5.92. The van der Waals surface area contributed by atoms with Crippen molar-refractivity contribution in [3.05, 3.63) is 64.5 Å². The van der Waals surface area contributed by atoms with Gasteiger partial charge in [0.05, 0.1) is 11.8 Å². The number of aromatic nitrogens is 4. The first-order valence-electron chi connectivity index (χ1n) is 6.88. The minimum Gasteiger partial charge on any atom is -0.340 e. The number of hydrogen-bond acceptors (Lipinski definition) is 5. The Hall–Kier alpha value is -2.67. The highest BCUT2D eigenvalue weighted by Crippen LogP contribution is 2.22. The van der Waals surface area contributed by atoms with Gasteiger partial charge in [0.2, 0.25) is 5.89 Å². The summed E-state index contributed by atoms with van der Waals surface area (Å²) in [6.07, 6.45) is 3.13. The molecule has 0 aliphatic heterocycles. The SMILES string of the molecule is Cc1nc([C@H](NC(=O)c2cnn(C)c2)c2ccc(Cl)cc2)no1. The summed E-state index contributed by atoms with van der Waals surface area (Å²) < 4.78 is 6.59. The van der Waals surface area contributed by atoms with Gasteiger partial charge in [-0.1, -0.05) is 28.9 Å². The van der Waals surface area contributed by atoms with E-state index in [0.717, 1.165) is 5.56 Å². The molecule has 1 N–H and O–H groups in total. The fourth-order valence-electron chi connectivity index (χ4n) is 2.14. The summed E-state index contributed by atoms with van der Waals surface area (Å²) in [4.78, 5) is 16.6. The van der Waals surface area contributed by atoms with Crippen LogP contribution in [0.4, 0.5) is 0 Å². The first-order chi connectivity index (χ1) is 11.0. The van der Waals surface area contributed by atoms with Gasteiger partial charge in [0.15, 0.2) is 5.82 Å². The zero-order chi connectivity index (χ0) is 16.4. The van der Waals surface area contributed by atoms with Crippen LogP contribution in [0.5, 0.6) is 0 Å². The van der Waals surface area contributed by atoms with Gasteiger partial charge in [-0.3, -0.25) is 9.48 Å². The first-order valence-corrected chi connectivity index (χ1v) is 7.26. The zero-order valence-corrected chi connectivity index (χ0v) is 13.3. The predicted molar refractivity (Wildman–Crippen MR) is 83.0 cm³/mol. The van der Waals surface area contributed by atoms with E-state index < -0.39 is 6.04 Å². The molecule has 0 saturated carbocycles. The Morgan fingerprint density at radius 1 is 1.35 bits per heavy atom. The highest BCUT2D eigenvalue weighted by atomic mass is 35.5. The van der Waals surface area contributed by atoms with Crippen molar-refractivity contribution in [2.24, 2.45) is 7.05 Å². The number of aryl methyl sites for hydroxylation is 2. The lowest BCUT2D eigenvalue weighted by atomic mass is 10.1. The van der Waals surface area contributed by atoms with E-state index >= 15 is 0 Å². The van der Waals surface area contributed by atoms with Crippen LogP contribution in [0, 0.1) is 6.92 Å². The van der Waals surface area contributed by atoms with Gasteiger partial charge in [-0.2, -0.15) is 10.1 Å². The molecule has 0 bridgehead atoms. The third-order valence-electron chi connectivity index (χ3n) is 3.25. The maximum Gasteiger partial charge on any atom is 0.255 e. The topological polar surface area (TPSA) is 85.8 Å². The van der Waals surface area contributed by atoms with E-state index in [9.17, 15) is 4.79 Å². The first kappa shape index (κ1) is 15.2. The van der Waals surface area contributed by atoms with Crippen LogP contribution in [0.15, 0.2) is 41.2 Å². The van der Waals surface area contributed by atoms with E-state index in [4.69, 9.17) is 16.1 Å². The number of amides is 1. The molecule has 0 spiro atoms. The molecule has 0 radical (unpaired) electrons. The Morgan fingerprint density at radius 3 is 2.65 bits per heavy atom. The number of hydrogen-bond donors (Lipinski definition) is 1. The van der Waals surface area contributed by atoms with E-state index in [2.05, 4.69) is 20.6 Å². The molecule has 118 valence electrons. The molecule has 0 aliphatic carbocycles. The Balaban J connectivity index is 1.92. The minimum absolute atomic E-state index is 0.277. The van der Waals surface area contributed by atoms with Crippen molar-refractivity contribution in [2.75, 3.05) is 0 Å². The number of nitrogens with zero attached hydrogens (tertiary/aromatic N) is 4. The van der Waals surface area contributed by atoms with Crippen molar-refractivity contribution < 1.29 is 9.32 Å². The molecule has 1 amide bonds. The number of rotatable bonds is 4. The van der Waals surface area contributed by atoms with Crippen LogP contribution in [-0.4, -0.2) is 25.8 Å². The van der Waals surface area contributed by atoms with Crippen LogP contribution in [0.3, 0.4) is 0 Å². The van der Waals surface area contributed by atoms with Gasteiger partial charge in [0.1, 0.15) is 6.04 Å². The average molecular weight is 332 g/mol. The van der Waals surface area contributed by atoms with E-state index in [1.165, 1.54) is 6.20 Å². The van der Waals surface area contributed by atoms with Gasteiger partial charge < -0.3 is 9.84 Å². The van der Waals surface area contributed by atoms with E-state index in [1.54, 1.807) is 37.0 Å². The van der Waals surface area contributed by atoms with Crippen LogP contribution in [0.1, 0.15) is 33.7 Å². The Kier molecular flexibility index (Phi) is 4.12. The lowest BCUT2D eigenvalue weighted by molar-refractivity contribution is 0.0941. The normalized spacial score (nSPS) is 12.1. The van der Waals surface area contributed by atoms with Gasteiger partial charge in [-0.05, 0) is 17.7 Å². The molecule has 7 nitrogen and oxygen atoms in total. The van der Waals surface area contributed by atoms with Crippen LogP contribution in [0.25, 0.3) is 0 Å². The van der Waals surface area contributed by atoms with Gasteiger partial charge in [-0.15, -0.1) is 0 Å². The second-order valence-corrected chi connectivity index (χ2v) is 5.47. The molecule has 8 heteroatoms. The van der Waals surface area contributed by atoms with Crippen molar-refractivity contribution in [3.63, 3.8) is 0 Å². The average Bonchev–Trinajstić information content (AvgIpc) is 3.14. The van der Waals surface area contributed by atoms with Gasteiger partial charge in [0, 0.05) is 25.2 Å². The molecule has 2 heterocycles. The lowest BCUT2D eigenvalue weighted by Crippen LogP contribution is -2.29. The smallest absolute Gasteiger partial charge is 0.255 e. The second kappa shape index (κ2) is 6.21. The summed E-state index contributed by atoms with van der Waals surface area (Å²) in [5, 5.41) is 11.4. The maximum atomic E-state index is 12.4. The molecular formula is C15H14ClN5O2. The van der Waals surface area contributed by atoms with E-state index in [-0.39, 0.29) is 5.91 Å². The molecule has 0 unspecified atom stereocenters. The minimum atomic E-state index is -0.544. The van der Waals surface area contributed by atoms with Crippen LogP contribution in [-0.2, 0) is 7.05 Å². The van der Waals surface area contributed by atoms with E-state index in [0.29, 0.717) is 22.3 Å². The van der Waals surface area contributed by atoms with Crippen LogP contribution < -0.4 is 5.32 Å². The maximum absolute atomic E-state index is 12.4. The Labute approximate surface area is 137 Å². The molecular weight excluding hydrogens is 318 g/mol. The number of carbonyl (C=O) groups is 1. The third-order valence-corrected chi connectivity index (χ3v) is 3.50. The van der Waals surface area contributed by atoms with Crippen LogP contribution >= 0.6 is 11.6 Å². The zero-order valence-electron chi connectivity index (χ0n) is 12.5. The summed E-state index contributed by atoms with van der Waals surface area (Å²) in [5.74, 6) is 0.525. The molecule has 1 atom stereocenters. The van der Waals surface area contributed by atoms with Crippen molar-refractivity contribution >= 4 is 17.5 Å². The lowest BCUT2D eigenvalue weighted by Gasteiger charge is -2.15. The molecule has 3 rings (SSSR count). The summed E-state index contributed by atoms with van der Waals surface area (Å²) in [6.45, 7) is 1.69. The number of carbonyl (C=O) groups excluding carboxylic acids is 1. The molecule has 23 heavy (non-hydrogen) atoms. The Bertz CT molecular complexity index is 825. The third kappa shape index (κ3) is 3.40. The highest BCUT2D eigenvalue weighted by molar-refractivity contribution is 6.30. The summed E-state index contributed by atoms with van der Waals surface area (Å²) in [5.41, 5.74) is 1.25. The number of benzene rings is 1. The van der Waals surface area contributed by atoms with Crippen molar-refractivity contribution in [1.29, 1.82) is 0 Å². The van der Waals surface area contributed by atoms with Crippen molar-refractivity contribution in [1.82, 2.24) is 25.2 Å². The molecule has 2 aromatic heterocycles. The van der Waals surface area contributed by atoms with Crippen LogP contribution in [0.2, 0.25) is 5.02 Å². The molecule has 0 aliphatic rings. The highest BCUT2D eigenvalue weighted by Gasteiger charge is 2.23. The van der Waals surface area contributed by atoms with Crippen molar-refractivity contribution in [2.45, 2.75) is 13.0 Å². The molecule has 0 saturated heterocycles. The number of nitrogens with one attached hydrogen (secondary N) is 1. The van der Waals surface area contributed by atoms with Crippen molar-refractivity contribution in [3.8, 4) is 0 Å². The van der Waals surface area contributed by atoms with Gasteiger partial charge in [0.25, 0.3) is 5.91 Å².